The van der Waals surface area contributed by atoms with Crippen LogP contribution in [0.1, 0.15) is 44.1 Å². The lowest BCUT2D eigenvalue weighted by molar-refractivity contribution is 0.0948. The first-order chi connectivity index (χ1) is 9.41. The first kappa shape index (κ1) is 16.5. The number of nitrogens with zero attached hydrogens (tertiary/aromatic N) is 2. The van der Waals surface area contributed by atoms with Crippen molar-refractivity contribution in [2.75, 3.05) is 6.54 Å². The highest BCUT2D eigenvalue weighted by Crippen LogP contribution is 2.13. The molecular formula is C15H22ClN3O. The molecule has 0 atom stereocenters. The Bertz CT molecular complexity index is 506. The second-order valence-electron chi connectivity index (χ2n) is 5.05. The Labute approximate surface area is 125 Å². The van der Waals surface area contributed by atoms with E-state index >= 15 is 0 Å². The number of halogens is 1. The summed E-state index contributed by atoms with van der Waals surface area (Å²) in [6, 6.07) is 0. The van der Waals surface area contributed by atoms with E-state index in [-0.39, 0.29) is 5.91 Å². The molecule has 110 valence electrons. The monoisotopic (exact) mass is 295 g/mol. The molecule has 5 heteroatoms. The van der Waals surface area contributed by atoms with Crippen LogP contribution in [0.3, 0.4) is 0 Å². The van der Waals surface area contributed by atoms with E-state index in [2.05, 4.69) is 37.3 Å². The van der Waals surface area contributed by atoms with Crippen LogP contribution in [-0.2, 0) is 7.05 Å². The zero-order valence-corrected chi connectivity index (χ0v) is 13.3. The summed E-state index contributed by atoms with van der Waals surface area (Å²) in [5.74, 6) is -0.205. The molecule has 20 heavy (non-hydrogen) atoms. The smallest absolute Gasteiger partial charge is 0.271 e. The molecule has 1 amide bonds. The Balaban J connectivity index is 2.44. The quantitative estimate of drug-likeness (QED) is 0.817. The van der Waals surface area contributed by atoms with E-state index < -0.39 is 0 Å². The van der Waals surface area contributed by atoms with Crippen molar-refractivity contribution in [3.8, 4) is 0 Å². The van der Waals surface area contributed by atoms with Gasteiger partial charge in [0.2, 0.25) is 0 Å². The van der Waals surface area contributed by atoms with Gasteiger partial charge in [-0.25, -0.2) is 0 Å². The molecule has 0 radical (unpaired) electrons. The molecule has 0 saturated heterocycles. The number of hydrogen-bond donors (Lipinski definition) is 1. The van der Waals surface area contributed by atoms with Crippen molar-refractivity contribution in [1.29, 1.82) is 0 Å². The van der Waals surface area contributed by atoms with Crippen LogP contribution in [0.5, 0.6) is 0 Å². The molecule has 1 aromatic rings. The van der Waals surface area contributed by atoms with Crippen molar-refractivity contribution in [1.82, 2.24) is 15.1 Å². The molecule has 1 N–H and O–H groups in total. The van der Waals surface area contributed by atoms with Gasteiger partial charge in [-0.15, -0.1) is 0 Å². The normalized spacial score (nSPS) is 11.3. The van der Waals surface area contributed by atoms with Crippen molar-refractivity contribution < 1.29 is 4.79 Å². The SMILES string of the molecule is CC(C)=CCC/C(C)=C/CNC(=O)c1c(Cl)cnn1C. The Morgan fingerprint density at radius 3 is 2.65 bits per heavy atom. The third kappa shape index (κ3) is 5.21. The maximum absolute atomic E-state index is 11.9. The molecule has 1 aromatic heterocycles. The van der Waals surface area contributed by atoms with Crippen LogP contribution in [0.25, 0.3) is 0 Å². The van der Waals surface area contributed by atoms with Crippen LogP contribution in [0.15, 0.2) is 29.5 Å². The van der Waals surface area contributed by atoms with Gasteiger partial charge in [0.1, 0.15) is 5.69 Å². The Morgan fingerprint density at radius 1 is 1.40 bits per heavy atom. The number of rotatable bonds is 6. The maximum atomic E-state index is 11.9. The number of carbonyl (C=O) groups excluding carboxylic acids is 1. The first-order valence-electron chi connectivity index (χ1n) is 6.66. The minimum atomic E-state index is -0.205. The first-order valence-corrected chi connectivity index (χ1v) is 7.04. The Kier molecular flexibility index (Phi) is 6.52. The van der Waals surface area contributed by atoms with Crippen LogP contribution in [0.2, 0.25) is 5.02 Å². The molecule has 0 aliphatic rings. The summed E-state index contributed by atoms with van der Waals surface area (Å²) >= 11 is 5.91. The standard InChI is InChI=1S/C15H22ClN3O/c1-11(2)6-5-7-12(3)8-9-17-15(20)14-13(16)10-18-19(14)4/h6,8,10H,5,7,9H2,1-4H3,(H,17,20)/b12-8+. The molecule has 0 bridgehead atoms. The molecule has 0 fully saturated rings. The number of carbonyl (C=O) groups is 1. The maximum Gasteiger partial charge on any atom is 0.271 e. The minimum Gasteiger partial charge on any atom is -0.347 e. The van der Waals surface area contributed by atoms with E-state index in [9.17, 15) is 4.79 Å². The number of amides is 1. The van der Waals surface area contributed by atoms with Gasteiger partial charge in [0, 0.05) is 13.6 Å². The van der Waals surface area contributed by atoms with E-state index in [1.165, 1.54) is 22.0 Å². The van der Waals surface area contributed by atoms with Crippen molar-refractivity contribution >= 4 is 17.5 Å². The van der Waals surface area contributed by atoms with E-state index in [4.69, 9.17) is 11.6 Å². The predicted molar refractivity (Wildman–Crippen MR) is 83.0 cm³/mol. The molecular weight excluding hydrogens is 274 g/mol. The molecule has 0 aromatic carbocycles. The van der Waals surface area contributed by atoms with Gasteiger partial charge in [0.25, 0.3) is 5.91 Å². The fraction of sp³-hybridized carbons (Fsp3) is 0.467. The number of hydrogen-bond acceptors (Lipinski definition) is 2. The highest BCUT2D eigenvalue weighted by Gasteiger charge is 2.14. The van der Waals surface area contributed by atoms with Crippen molar-refractivity contribution in [2.45, 2.75) is 33.6 Å². The lowest BCUT2D eigenvalue weighted by Gasteiger charge is -2.04. The molecule has 0 spiro atoms. The summed E-state index contributed by atoms with van der Waals surface area (Å²) in [5, 5.41) is 7.13. The van der Waals surface area contributed by atoms with Gasteiger partial charge in [-0.1, -0.05) is 34.9 Å². The van der Waals surface area contributed by atoms with Gasteiger partial charge in [-0.2, -0.15) is 5.10 Å². The fourth-order valence-electron chi connectivity index (χ4n) is 1.76. The molecule has 0 saturated carbocycles. The van der Waals surface area contributed by atoms with E-state index in [1.54, 1.807) is 7.05 Å². The molecule has 1 heterocycles. The van der Waals surface area contributed by atoms with Gasteiger partial charge in [0.15, 0.2) is 0 Å². The third-order valence-corrected chi connectivity index (χ3v) is 3.19. The zero-order chi connectivity index (χ0) is 15.1. The summed E-state index contributed by atoms with van der Waals surface area (Å²) < 4.78 is 1.48. The van der Waals surface area contributed by atoms with Crippen LogP contribution in [0.4, 0.5) is 0 Å². The van der Waals surface area contributed by atoms with E-state index in [1.807, 2.05) is 6.08 Å². The van der Waals surface area contributed by atoms with Crippen LogP contribution in [-0.4, -0.2) is 22.2 Å². The summed E-state index contributed by atoms with van der Waals surface area (Å²) in [5.41, 5.74) is 2.98. The lowest BCUT2D eigenvalue weighted by Crippen LogP contribution is -2.26. The summed E-state index contributed by atoms with van der Waals surface area (Å²) in [6.07, 6.45) is 7.75. The average Bonchev–Trinajstić information content (AvgIpc) is 2.68. The Hall–Kier alpha value is -1.55. The molecule has 0 aliphatic carbocycles. The van der Waals surface area contributed by atoms with E-state index in [0.717, 1.165) is 12.8 Å². The van der Waals surface area contributed by atoms with Gasteiger partial charge in [-0.05, 0) is 33.6 Å². The van der Waals surface area contributed by atoms with Gasteiger partial charge in [-0.3, -0.25) is 9.48 Å². The van der Waals surface area contributed by atoms with Crippen molar-refractivity contribution in [2.24, 2.45) is 7.05 Å². The van der Waals surface area contributed by atoms with Crippen LogP contribution in [0, 0.1) is 0 Å². The molecule has 4 nitrogen and oxygen atoms in total. The predicted octanol–water partition coefficient (Wildman–Crippen LogP) is 3.50. The third-order valence-electron chi connectivity index (χ3n) is 2.91. The topological polar surface area (TPSA) is 46.9 Å². The van der Waals surface area contributed by atoms with Crippen molar-refractivity contribution in [3.05, 3.63) is 40.2 Å². The average molecular weight is 296 g/mol. The minimum absolute atomic E-state index is 0.205. The Morgan fingerprint density at radius 2 is 2.10 bits per heavy atom. The molecule has 1 rings (SSSR count). The summed E-state index contributed by atoms with van der Waals surface area (Å²) in [6.45, 7) is 6.76. The van der Waals surface area contributed by atoms with Crippen molar-refractivity contribution in [3.63, 3.8) is 0 Å². The lowest BCUT2D eigenvalue weighted by atomic mass is 10.1. The summed E-state index contributed by atoms with van der Waals surface area (Å²) in [4.78, 5) is 11.9. The van der Waals surface area contributed by atoms with Crippen LogP contribution >= 0.6 is 11.6 Å². The fourth-order valence-corrected chi connectivity index (χ4v) is 2.01. The second kappa shape index (κ2) is 7.90. The number of aromatic nitrogens is 2. The number of allylic oxidation sites excluding steroid dienone is 3. The highest BCUT2D eigenvalue weighted by molar-refractivity contribution is 6.33. The molecule has 0 unspecified atom stereocenters. The summed E-state index contributed by atoms with van der Waals surface area (Å²) in [7, 11) is 1.70. The second-order valence-corrected chi connectivity index (χ2v) is 5.45. The highest BCUT2D eigenvalue weighted by atomic mass is 35.5. The number of aryl methyl sites for hydroxylation is 1. The van der Waals surface area contributed by atoms with Gasteiger partial charge >= 0.3 is 0 Å². The van der Waals surface area contributed by atoms with Gasteiger partial charge in [0.05, 0.1) is 11.2 Å². The van der Waals surface area contributed by atoms with Gasteiger partial charge < -0.3 is 5.32 Å². The number of nitrogens with one attached hydrogen (secondary N) is 1. The largest absolute Gasteiger partial charge is 0.347 e. The molecule has 0 aliphatic heterocycles. The van der Waals surface area contributed by atoms with E-state index in [0.29, 0.717) is 17.3 Å². The zero-order valence-electron chi connectivity index (χ0n) is 12.5. The van der Waals surface area contributed by atoms with Crippen LogP contribution < -0.4 is 5.32 Å².